The van der Waals surface area contributed by atoms with Gasteiger partial charge in [-0.3, -0.25) is 10.1 Å². The molecule has 4 aromatic rings. The second-order valence-corrected chi connectivity index (χ2v) is 8.90. The number of fused-ring (bicyclic) bond motifs is 1. The molecule has 0 amide bonds. The number of nitrogens with one attached hydrogen (secondary N) is 3. The van der Waals surface area contributed by atoms with Crippen molar-refractivity contribution in [2.75, 3.05) is 10.6 Å². The molecule has 6 nitrogen and oxygen atoms in total. The predicted octanol–water partition coefficient (Wildman–Crippen LogP) is 5.21. The van der Waals surface area contributed by atoms with Crippen LogP contribution >= 0.6 is 11.3 Å². The van der Waals surface area contributed by atoms with Crippen LogP contribution in [0.4, 0.5) is 11.5 Å². The molecule has 0 aromatic carbocycles. The summed E-state index contributed by atoms with van der Waals surface area (Å²) >= 11 is 1.70. The number of hydrogen-bond acceptors (Lipinski definition) is 6. The van der Waals surface area contributed by atoms with Crippen LogP contribution in [-0.2, 0) is 6.54 Å². The number of aromatic nitrogens is 4. The molecule has 0 aliphatic carbocycles. The zero-order valence-corrected chi connectivity index (χ0v) is 17.3. The normalized spacial score (nSPS) is 11.7. The van der Waals surface area contributed by atoms with Crippen molar-refractivity contribution in [3.63, 3.8) is 0 Å². The van der Waals surface area contributed by atoms with Crippen molar-refractivity contribution in [2.45, 2.75) is 39.8 Å². The van der Waals surface area contributed by atoms with Gasteiger partial charge in [0, 0.05) is 24.0 Å². The first-order chi connectivity index (χ1) is 13.4. The summed E-state index contributed by atoms with van der Waals surface area (Å²) < 4.78 is 1.12. The van der Waals surface area contributed by atoms with Crippen molar-refractivity contribution in [3.05, 3.63) is 54.0 Å². The molecule has 7 heteroatoms. The van der Waals surface area contributed by atoms with Crippen LogP contribution in [0.3, 0.4) is 0 Å². The molecule has 0 aliphatic heterocycles. The highest BCUT2D eigenvalue weighted by Gasteiger charge is 2.16. The monoisotopic (exact) mass is 392 g/mol. The van der Waals surface area contributed by atoms with Gasteiger partial charge in [0.15, 0.2) is 0 Å². The smallest absolute Gasteiger partial charge is 0.129 e. The van der Waals surface area contributed by atoms with Crippen LogP contribution in [0.25, 0.3) is 20.8 Å². The first-order valence-electron chi connectivity index (χ1n) is 9.26. The SMILES string of the molecule is Cc1cccnc1CNc1cc(NC(C)(C)C)nc2cc(-c3ccn[nH]3)sc12. The summed E-state index contributed by atoms with van der Waals surface area (Å²) in [6.07, 6.45) is 3.60. The lowest BCUT2D eigenvalue weighted by molar-refractivity contribution is 0.631. The average molecular weight is 393 g/mol. The van der Waals surface area contributed by atoms with Crippen molar-refractivity contribution in [1.82, 2.24) is 20.2 Å². The van der Waals surface area contributed by atoms with Crippen molar-refractivity contribution in [1.29, 1.82) is 0 Å². The van der Waals surface area contributed by atoms with Crippen molar-refractivity contribution >= 4 is 33.1 Å². The van der Waals surface area contributed by atoms with E-state index in [0.717, 1.165) is 38.0 Å². The molecule has 0 fully saturated rings. The zero-order valence-electron chi connectivity index (χ0n) is 16.5. The van der Waals surface area contributed by atoms with Gasteiger partial charge in [0.2, 0.25) is 0 Å². The summed E-state index contributed by atoms with van der Waals surface area (Å²) in [5, 5.41) is 14.2. The largest absolute Gasteiger partial charge is 0.378 e. The Bertz CT molecular complexity index is 1090. The molecule has 4 heterocycles. The van der Waals surface area contributed by atoms with Gasteiger partial charge in [-0.15, -0.1) is 11.3 Å². The Labute approximate surface area is 168 Å². The minimum absolute atomic E-state index is 0.0717. The lowest BCUT2D eigenvalue weighted by Crippen LogP contribution is -2.26. The number of nitrogens with zero attached hydrogens (tertiary/aromatic N) is 3. The summed E-state index contributed by atoms with van der Waals surface area (Å²) in [6, 6.07) is 10.2. The highest BCUT2D eigenvalue weighted by molar-refractivity contribution is 7.22. The zero-order chi connectivity index (χ0) is 19.7. The van der Waals surface area contributed by atoms with Gasteiger partial charge in [-0.2, -0.15) is 5.10 Å². The number of aromatic amines is 1. The molecule has 28 heavy (non-hydrogen) atoms. The van der Waals surface area contributed by atoms with E-state index in [2.05, 4.69) is 71.7 Å². The summed E-state index contributed by atoms with van der Waals surface area (Å²) in [4.78, 5) is 10.4. The lowest BCUT2D eigenvalue weighted by Gasteiger charge is -2.22. The van der Waals surface area contributed by atoms with Crippen molar-refractivity contribution < 1.29 is 0 Å². The van der Waals surface area contributed by atoms with Crippen LogP contribution in [0, 0.1) is 6.92 Å². The molecule has 0 saturated heterocycles. The molecule has 0 unspecified atom stereocenters. The first kappa shape index (κ1) is 18.4. The van der Waals surface area contributed by atoms with E-state index in [1.54, 1.807) is 17.5 Å². The van der Waals surface area contributed by atoms with E-state index in [-0.39, 0.29) is 5.54 Å². The van der Waals surface area contributed by atoms with Crippen LogP contribution in [0.1, 0.15) is 32.0 Å². The van der Waals surface area contributed by atoms with E-state index < -0.39 is 0 Å². The van der Waals surface area contributed by atoms with E-state index in [0.29, 0.717) is 6.54 Å². The molecule has 0 radical (unpaired) electrons. The Morgan fingerprint density at radius 2 is 2.00 bits per heavy atom. The van der Waals surface area contributed by atoms with E-state index in [4.69, 9.17) is 4.98 Å². The fraction of sp³-hybridized carbons (Fsp3) is 0.286. The molecule has 0 bridgehead atoms. The third-order valence-electron chi connectivity index (χ3n) is 4.31. The minimum Gasteiger partial charge on any atom is -0.378 e. The summed E-state index contributed by atoms with van der Waals surface area (Å²) in [5.41, 5.74) is 5.17. The summed E-state index contributed by atoms with van der Waals surface area (Å²) in [6.45, 7) is 9.14. The average Bonchev–Trinajstić information content (AvgIpc) is 3.28. The molecule has 3 N–H and O–H groups in total. The standard InChI is InChI=1S/C21H24N6S/c1-13-6-5-8-22-17(13)12-23-15-11-19(26-21(2,3)4)25-16-10-18(28-20(15)16)14-7-9-24-27-14/h5-11H,12H2,1-4H3,(H,24,27)(H2,23,25,26). The second kappa shape index (κ2) is 7.24. The molecular weight excluding hydrogens is 368 g/mol. The van der Waals surface area contributed by atoms with E-state index >= 15 is 0 Å². The Kier molecular flexibility index (Phi) is 4.77. The Morgan fingerprint density at radius 1 is 1.14 bits per heavy atom. The molecule has 144 valence electrons. The number of rotatable bonds is 5. The van der Waals surface area contributed by atoms with Gasteiger partial charge < -0.3 is 10.6 Å². The van der Waals surface area contributed by atoms with E-state index in [1.807, 2.05) is 18.3 Å². The van der Waals surface area contributed by atoms with Gasteiger partial charge in [-0.1, -0.05) is 6.07 Å². The van der Waals surface area contributed by atoms with Crippen molar-refractivity contribution in [3.8, 4) is 10.6 Å². The number of pyridine rings is 2. The maximum atomic E-state index is 4.83. The molecular formula is C21H24N6S. The minimum atomic E-state index is -0.0717. The summed E-state index contributed by atoms with van der Waals surface area (Å²) in [7, 11) is 0. The molecule has 0 atom stereocenters. The van der Waals surface area contributed by atoms with Crippen LogP contribution in [-0.4, -0.2) is 25.7 Å². The Morgan fingerprint density at radius 3 is 2.71 bits per heavy atom. The van der Waals surface area contributed by atoms with Crippen LogP contribution < -0.4 is 10.6 Å². The summed E-state index contributed by atoms with van der Waals surface area (Å²) in [5.74, 6) is 0.856. The maximum Gasteiger partial charge on any atom is 0.129 e. The highest BCUT2D eigenvalue weighted by atomic mass is 32.1. The van der Waals surface area contributed by atoms with Gasteiger partial charge in [-0.05, 0) is 51.5 Å². The van der Waals surface area contributed by atoms with Gasteiger partial charge in [0.1, 0.15) is 5.82 Å². The van der Waals surface area contributed by atoms with E-state index in [9.17, 15) is 0 Å². The molecule has 4 rings (SSSR count). The number of hydrogen-bond donors (Lipinski definition) is 3. The first-order valence-corrected chi connectivity index (χ1v) is 10.1. The molecule has 0 spiro atoms. The predicted molar refractivity (Wildman–Crippen MR) is 117 cm³/mol. The number of H-pyrrole nitrogens is 1. The fourth-order valence-corrected chi connectivity index (χ4v) is 4.07. The van der Waals surface area contributed by atoms with Crippen LogP contribution in [0.5, 0.6) is 0 Å². The van der Waals surface area contributed by atoms with Gasteiger partial charge in [-0.25, -0.2) is 4.98 Å². The van der Waals surface area contributed by atoms with Crippen LogP contribution in [0.15, 0.2) is 42.7 Å². The quantitative estimate of drug-likeness (QED) is 0.434. The third-order valence-corrected chi connectivity index (χ3v) is 5.50. The number of aryl methyl sites for hydroxylation is 1. The Hall–Kier alpha value is -2.93. The topological polar surface area (TPSA) is 78.5 Å². The van der Waals surface area contributed by atoms with Crippen molar-refractivity contribution in [2.24, 2.45) is 0 Å². The number of anilines is 2. The molecule has 0 saturated carbocycles. The van der Waals surface area contributed by atoms with Gasteiger partial charge in [0.25, 0.3) is 0 Å². The van der Waals surface area contributed by atoms with Crippen LogP contribution in [0.2, 0.25) is 0 Å². The highest BCUT2D eigenvalue weighted by Crippen LogP contribution is 2.37. The Balaban J connectivity index is 1.74. The van der Waals surface area contributed by atoms with Gasteiger partial charge in [0.05, 0.1) is 38.7 Å². The third kappa shape index (κ3) is 3.99. The number of thiophene rings is 1. The second-order valence-electron chi connectivity index (χ2n) is 7.85. The van der Waals surface area contributed by atoms with Gasteiger partial charge >= 0.3 is 0 Å². The molecule has 4 aromatic heterocycles. The molecule has 0 aliphatic rings. The maximum absolute atomic E-state index is 4.83. The lowest BCUT2D eigenvalue weighted by atomic mass is 10.1. The fourth-order valence-electron chi connectivity index (χ4n) is 3.01. The van der Waals surface area contributed by atoms with E-state index in [1.165, 1.54) is 5.56 Å².